The van der Waals surface area contributed by atoms with Gasteiger partial charge in [-0.3, -0.25) is 0 Å². The van der Waals surface area contributed by atoms with Gasteiger partial charge in [0.1, 0.15) is 0 Å². The van der Waals surface area contributed by atoms with Gasteiger partial charge in [-0.05, 0) is 46.2 Å². The molecule has 1 unspecified atom stereocenters. The molecular weight excluding hydrogens is 252 g/mol. The molecule has 0 aromatic carbocycles. The van der Waals surface area contributed by atoms with Crippen LogP contribution in [-0.2, 0) is 0 Å². The fourth-order valence-electron chi connectivity index (χ4n) is 2.52. The molecule has 5 heteroatoms. The second-order valence-electron chi connectivity index (χ2n) is 5.77. The predicted octanol–water partition coefficient (Wildman–Crippen LogP) is 2.33. The third-order valence-corrected chi connectivity index (χ3v) is 3.55. The fraction of sp³-hybridized carbons (Fsp3) is 0.733. The van der Waals surface area contributed by atoms with E-state index in [0.29, 0.717) is 17.7 Å². The molecule has 1 aliphatic heterocycles. The summed E-state index contributed by atoms with van der Waals surface area (Å²) in [6, 6.07) is 1.87. The SMILES string of the molecule is CCN1CCC(CNc2nc(C)cc(OC(C)C)n2)C1. The maximum absolute atomic E-state index is 5.64. The average Bonchev–Trinajstić information content (AvgIpc) is 2.83. The molecule has 0 amide bonds. The van der Waals surface area contributed by atoms with E-state index in [4.69, 9.17) is 4.74 Å². The van der Waals surface area contributed by atoms with Crippen LogP contribution in [0.4, 0.5) is 5.95 Å². The van der Waals surface area contributed by atoms with Crippen LogP contribution in [0.25, 0.3) is 0 Å². The Morgan fingerprint density at radius 1 is 1.45 bits per heavy atom. The molecule has 0 bridgehead atoms. The van der Waals surface area contributed by atoms with Crippen LogP contribution in [0.3, 0.4) is 0 Å². The minimum absolute atomic E-state index is 0.130. The van der Waals surface area contributed by atoms with Gasteiger partial charge in [-0.2, -0.15) is 4.98 Å². The van der Waals surface area contributed by atoms with Crippen LogP contribution in [0.1, 0.15) is 32.9 Å². The average molecular weight is 278 g/mol. The normalized spacial score (nSPS) is 19.6. The molecule has 1 N–H and O–H groups in total. The molecule has 2 rings (SSSR count). The lowest BCUT2D eigenvalue weighted by Gasteiger charge is -2.15. The molecule has 1 atom stereocenters. The molecule has 0 saturated carbocycles. The van der Waals surface area contributed by atoms with Gasteiger partial charge in [-0.25, -0.2) is 4.98 Å². The molecule has 1 aliphatic rings. The molecule has 112 valence electrons. The summed E-state index contributed by atoms with van der Waals surface area (Å²) in [5, 5.41) is 3.36. The van der Waals surface area contributed by atoms with E-state index in [0.717, 1.165) is 18.8 Å². The number of nitrogens with zero attached hydrogens (tertiary/aromatic N) is 3. The molecule has 0 aliphatic carbocycles. The fourth-order valence-corrected chi connectivity index (χ4v) is 2.52. The Hall–Kier alpha value is -1.36. The lowest BCUT2D eigenvalue weighted by molar-refractivity contribution is 0.232. The lowest BCUT2D eigenvalue weighted by atomic mass is 10.1. The Labute approximate surface area is 121 Å². The molecule has 5 nitrogen and oxygen atoms in total. The Balaban J connectivity index is 1.90. The van der Waals surface area contributed by atoms with Crippen molar-refractivity contribution in [3.8, 4) is 5.88 Å². The Morgan fingerprint density at radius 2 is 2.25 bits per heavy atom. The minimum Gasteiger partial charge on any atom is -0.475 e. The first-order valence-electron chi connectivity index (χ1n) is 7.55. The van der Waals surface area contributed by atoms with E-state index in [-0.39, 0.29) is 6.10 Å². The molecule has 2 heterocycles. The zero-order chi connectivity index (χ0) is 14.5. The van der Waals surface area contributed by atoms with Crippen molar-refractivity contribution in [3.05, 3.63) is 11.8 Å². The van der Waals surface area contributed by atoms with Gasteiger partial charge in [-0.1, -0.05) is 6.92 Å². The van der Waals surface area contributed by atoms with E-state index in [1.54, 1.807) is 0 Å². The van der Waals surface area contributed by atoms with E-state index >= 15 is 0 Å². The highest BCUT2D eigenvalue weighted by atomic mass is 16.5. The molecular formula is C15H26N4O. The number of aryl methyl sites for hydroxylation is 1. The number of aromatic nitrogens is 2. The zero-order valence-corrected chi connectivity index (χ0v) is 13.0. The summed E-state index contributed by atoms with van der Waals surface area (Å²) in [7, 11) is 0. The summed E-state index contributed by atoms with van der Waals surface area (Å²) < 4.78 is 5.64. The first-order valence-corrected chi connectivity index (χ1v) is 7.55. The standard InChI is InChI=1S/C15H26N4O/c1-5-19-7-6-13(10-19)9-16-15-17-12(4)8-14(18-15)20-11(2)3/h8,11,13H,5-7,9-10H2,1-4H3,(H,16,17,18). The minimum atomic E-state index is 0.130. The van der Waals surface area contributed by atoms with Crippen molar-refractivity contribution in [2.75, 3.05) is 31.5 Å². The van der Waals surface area contributed by atoms with Gasteiger partial charge < -0.3 is 15.0 Å². The molecule has 1 aromatic heterocycles. The van der Waals surface area contributed by atoms with Gasteiger partial charge in [0.25, 0.3) is 0 Å². The van der Waals surface area contributed by atoms with Gasteiger partial charge >= 0.3 is 0 Å². The van der Waals surface area contributed by atoms with Crippen LogP contribution in [0, 0.1) is 12.8 Å². The smallest absolute Gasteiger partial charge is 0.226 e. The van der Waals surface area contributed by atoms with Crippen molar-refractivity contribution in [1.29, 1.82) is 0 Å². The third-order valence-electron chi connectivity index (χ3n) is 3.55. The van der Waals surface area contributed by atoms with Crippen molar-refractivity contribution >= 4 is 5.95 Å². The highest BCUT2D eigenvalue weighted by molar-refractivity contribution is 5.30. The quantitative estimate of drug-likeness (QED) is 0.865. The highest BCUT2D eigenvalue weighted by Gasteiger charge is 2.21. The summed E-state index contributed by atoms with van der Waals surface area (Å²) in [5.41, 5.74) is 0.930. The van der Waals surface area contributed by atoms with E-state index < -0.39 is 0 Å². The van der Waals surface area contributed by atoms with Gasteiger partial charge in [0.05, 0.1) is 6.10 Å². The van der Waals surface area contributed by atoms with Crippen LogP contribution in [0.5, 0.6) is 5.88 Å². The van der Waals surface area contributed by atoms with Crippen molar-refractivity contribution in [3.63, 3.8) is 0 Å². The predicted molar refractivity (Wildman–Crippen MR) is 81.2 cm³/mol. The van der Waals surface area contributed by atoms with Crippen molar-refractivity contribution in [2.45, 2.75) is 40.2 Å². The number of nitrogens with one attached hydrogen (secondary N) is 1. The Morgan fingerprint density at radius 3 is 2.90 bits per heavy atom. The maximum Gasteiger partial charge on any atom is 0.226 e. The van der Waals surface area contributed by atoms with Crippen molar-refractivity contribution in [2.24, 2.45) is 5.92 Å². The maximum atomic E-state index is 5.64. The lowest BCUT2D eigenvalue weighted by Crippen LogP contribution is -2.23. The van der Waals surface area contributed by atoms with Crippen LogP contribution >= 0.6 is 0 Å². The van der Waals surface area contributed by atoms with Gasteiger partial charge in [0, 0.05) is 24.8 Å². The summed E-state index contributed by atoms with van der Waals surface area (Å²) >= 11 is 0. The molecule has 0 radical (unpaired) electrons. The topological polar surface area (TPSA) is 50.3 Å². The van der Waals surface area contributed by atoms with Crippen molar-refractivity contribution in [1.82, 2.24) is 14.9 Å². The monoisotopic (exact) mass is 278 g/mol. The summed E-state index contributed by atoms with van der Waals surface area (Å²) in [5.74, 6) is 2.01. The van der Waals surface area contributed by atoms with Crippen LogP contribution in [0.15, 0.2) is 6.07 Å². The number of likely N-dealkylation sites (tertiary alicyclic amines) is 1. The second-order valence-corrected chi connectivity index (χ2v) is 5.77. The number of anilines is 1. The summed E-state index contributed by atoms with van der Waals surface area (Å²) in [6.45, 7) is 12.6. The molecule has 1 aromatic rings. The molecule has 0 spiro atoms. The van der Waals surface area contributed by atoms with Crippen LogP contribution in [-0.4, -0.2) is 47.2 Å². The van der Waals surface area contributed by atoms with Crippen LogP contribution < -0.4 is 10.1 Å². The molecule has 20 heavy (non-hydrogen) atoms. The Bertz CT molecular complexity index is 436. The van der Waals surface area contributed by atoms with E-state index in [2.05, 4.69) is 27.1 Å². The van der Waals surface area contributed by atoms with Gasteiger partial charge in [0.15, 0.2) is 0 Å². The largest absolute Gasteiger partial charge is 0.475 e. The van der Waals surface area contributed by atoms with Crippen LogP contribution in [0.2, 0.25) is 0 Å². The van der Waals surface area contributed by atoms with Gasteiger partial charge in [-0.15, -0.1) is 0 Å². The highest BCUT2D eigenvalue weighted by Crippen LogP contribution is 2.17. The molecule has 1 fully saturated rings. The second kappa shape index (κ2) is 6.88. The summed E-state index contributed by atoms with van der Waals surface area (Å²) in [6.07, 6.45) is 1.38. The third kappa shape index (κ3) is 4.34. The number of hydrogen-bond donors (Lipinski definition) is 1. The van der Waals surface area contributed by atoms with Crippen molar-refractivity contribution < 1.29 is 4.74 Å². The number of rotatable bonds is 6. The zero-order valence-electron chi connectivity index (χ0n) is 13.0. The van der Waals surface area contributed by atoms with E-state index in [1.807, 2.05) is 26.8 Å². The first kappa shape index (κ1) is 15.0. The number of ether oxygens (including phenoxy) is 1. The number of hydrogen-bond acceptors (Lipinski definition) is 5. The Kier molecular flexibility index (Phi) is 5.17. The molecule has 1 saturated heterocycles. The first-order chi connectivity index (χ1) is 9.56. The van der Waals surface area contributed by atoms with Gasteiger partial charge in [0.2, 0.25) is 11.8 Å². The summed E-state index contributed by atoms with van der Waals surface area (Å²) in [4.78, 5) is 11.3. The van der Waals surface area contributed by atoms with E-state index in [9.17, 15) is 0 Å². The van der Waals surface area contributed by atoms with E-state index in [1.165, 1.54) is 19.5 Å².